The zero-order valence-electron chi connectivity index (χ0n) is 10.8. The maximum Gasteiger partial charge on any atom is 0.236 e. The van der Waals surface area contributed by atoms with Crippen LogP contribution in [-0.4, -0.2) is 50.3 Å². The minimum atomic E-state index is -0.110. The summed E-state index contributed by atoms with van der Waals surface area (Å²) in [5.74, 6) is 3.33. The van der Waals surface area contributed by atoms with Crippen LogP contribution in [0.25, 0.3) is 0 Å². The molecule has 4 nitrogen and oxygen atoms in total. The van der Waals surface area contributed by atoms with Crippen LogP contribution in [0.15, 0.2) is 0 Å². The minimum Gasteiger partial charge on any atom is -0.383 e. The molecule has 1 aliphatic rings. The number of carbonyl (C=O) groups is 1. The molecule has 1 amide bonds. The average molecular weight is 260 g/mol. The number of nitrogens with one attached hydrogen (secondary N) is 2. The van der Waals surface area contributed by atoms with E-state index in [1.54, 1.807) is 7.11 Å². The smallest absolute Gasteiger partial charge is 0.236 e. The molecule has 1 rings (SSSR count). The van der Waals surface area contributed by atoms with E-state index in [1.807, 2.05) is 18.7 Å². The van der Waals surface area contributed by atoms with E-state index in [9.17, 15) is 4.79 Å². The maximum absolute atomic E-state index is 11.7. The standard InChI is InChI=1S/C12H24N2O2S/c1-10(12(15)13-5-6-16-2)14-9-11-3-7-17-8-4-11/h10-11,14H,3-9H2,1-2H3,(H,13,15). The second kappa shape index (κ2) is 8.78. The Morgan fingerprint density at radius 2 is 2.18 bits per heavy atom. The highest BCUT2D eigenvalue weighted by Crippen LogP contribution is 2.21. The molecule has 0 radical (unpaired) electrons. The van der Waals surface area contributed by atoms with Gasteiger partial charge in [0.2, 0.25) is 5.91 Å². The first-order chi connectivity index (χ1) is 8.24. The van der Waals surface area contributed by atoms with Crippen molar-refractivity contribution in [3.05, 3.63) is 0 Å². The van der Waals surface area contributed by atoms with Crippen molar-refractivity contribution in [3.63, 3.8) is 0 Å². The summed E-state index contributed by atoms with van der Waals surface area (Å²) in [5.41, 5.74) is 0. The predicted molar refractivity (Wildman–Crippen MR) is 72.4 cm³/mol. The van der Waals surface area contributed by atoms with Crippen LogP contribution in [0.3, 0.4) is 0 Å². The normalized spacial score (nSPS) is 18.9. The fourth-order valence-electron chi connectivity index (χ4n) is 1.82. The SMILES string of the molecule is COCCNC(=O)C(C)NCC1CCSCC1. The summed E-state index contributed by atoms with van der Waals surface area (Å²) < 4.78 is 4.89. The van der Waals surface area contributed by atoms with Gasteiger partial charge in [0.25, 0.3) is 0 Å². The number of hydrogen-bond acceptors (Lipinski definition) is 4. The van der Waals surface area contributed by atoms with Crippen LogP contribution in [0, 0.1) is 5.92 Å². The van der Waals surface area contributed by atoms with Gasteiger partial charge >= 0.3 is 0 Å². The largest absolute Gasteiger partial charge is 0.383 e. The molecular weight excluding hydrogens is 236 g/mol. The van der Waals surface area contributed by atoms with Gasteiger partial charge in [-0.3, -0.25) is 4.79 Å². The van der Waals surface area contributed by atoms with E-state index < -0.39 is 0 Å². The lowest BCUT2D eigenvalue weighted by Crippen LogP contribution is -2.44. The zero-order chi connectivity index (χ0) is 12.5. The number of methoxy groups -OCH3 is 1. The Morgan fingerprint density at radius 3 is 2.82 bits per heavy atom. The third-order valence-electron chi connectivity index (χ3n) is 3.05. The molecule has 1 unspecified atom stereocenters. The van der Waals surface area contributed by atoms with Gasteiger partial charge in [-0.2, -0.15) is 11.8 Å². The molecule has 17 heavy (non-hydrogen) atoms. The van der Waals surface area contributed by atoms with E-state index in [-0.39, 0.29) is 11.9 Å². The van der Waals surface area contributed by atoms with Crippen LogP contribution in [0.2, 0.25) is 0 Å². The molecule has 0 spiro atoms. The first kappa shape index (κ1) is 14.8. The summed E-state index contributed by atoms with van der Waals surface area (Å²) >= 11 is 2.03. The number of amides is 1. The van der Waals surface area contributed by atoms with Gasteiger partial charge in [-0.1, -0.05) is 0 Å². The van der Waals surface area contributed by atoms with Gasteiger partial charge in [0.05, 0.1) is 12.6 Å². The highest BCUT2D eigenvalue weighted by atomic mass is 32.2. The van der Waals surface area contributed by atoms with E-state index in [4.69, 9.17) is 4.74 Å². The molecule has 0 aromatic carbocycles. The number of thioether (sulfide) groups is 1. The number of ether oxygens (including phenoxy) is 1. The van der Waals surface area contributed by atoms with E-state index in [1.165, 1.54) is 24.3 Å². The Kier molecular flexibility index (Phi) is 7.64. The highest BCUT2D eigenvalue weighted by Gasteiger charge is 2.17. The van der Waals surface area contributed by atoms with Crippen molar-refractivity contribution >= 4 is 17.7 Å². The van der Waals surface area contributed by atoms with Gasteiger partial charge in [-0.15, -0.1) is 0 Å². The Hall–Kier alpha value is -0.260. The van der Waals surface area contributed by atoms with Crippen molar-refractivity contribution in [1.82, 2.24) is 10.6 Å². The Morgan fingerprint density at radius 1 is 1.47 bits per heavy atom. The molecule has 1 atom stereocenters. The Labute approximate surface area is 108 Å². The molecule has 0 bridgehead atoms. The van der Waals surface area contributed by atoms with Crippen molar-refractivity contribution in [2.75, 3.05) is 38.3 Å². The molecule has 0 aromatic heterocycles. The molecule has 1 fully saturated rings. The topological polar surface area (TPSA) is 50.4 Å². The molecule has 5 heteroatoms. The third kappa shape index (κ3) is 6.29. The van der Waals surface area contributed by atoms with Crippen LogP contribution in [0.5, 0.6) is 0 Å². The van der Waals surface area contributed by atoms with E-state index >= 15 is 0 Å². The van der Waals surface area contributed by atoms with Crippen LogP contribution >= 0.6 is 11.8 Å². The van der Waals surface area contributed by atoms with Gasteiger partial charge < -0.3 is 15.4 Å². The summed E-state index contributed by atoms with van der Waals surface area (Å²) in [7, 11) is 1.63. The molecule has 1 aliphatic heterocycles. The van der Waals surface area contributed by atoms with Gasteiger partial charge in [-0.25, -0.2) is 0 Å². The lowest BCUT2D eigenvalue weighted by Gasteiger charge is -2.23. The number of rotatable bonds is 7. The second-order valence-electron chi connectivity index (χ2n) is 4.47. The van der Waals surface area contributed by atoms with Gasteiger partial charge in [0, 0.05) is 13.7 Å². The zero-order valence-corrected chi connectivity index (χ0v) is 11.6. The lowest BCUT2D eigenvalue weighted by atomic mass is 10.0. The molecule has 0 aliphatic carbocycles. The van der Waals surface area contributed by atoms with Crippen LogP contribution < -0.4 is 10.6 Å². The number of carbonyl (C=O) groups excluding carboxylic acids is 1. The monoisotopic (exact) mass is 260 g/mol. The second-order valence-corrected chi connectivity index (χ2v) is 5.69. The van der Waals surface area contributed by atoms with Crippen molar-refractivity contribution in [2.45, 2.75) is 25.8 Å². The lowest BCUT2D eigenvalue weighted by molar-refractivity contribution is -0.123. The molecule has 0 aromatic rings. The number of hydrogen-bond donors (Lipinski definition) is 2. The Bertz CT molecular complexity index is 221. The van der Waals surface area contributed by atoms with Gasteiger partial charge in [0.15, 0.2) is 0 Å². The fourth-order valence-corrected chi connectivity index (χ4v) is 3.02. The van der Waals surface area contributed by atoms with Crippen LogP contribution in [0.4, 0.5) is 0 Å². The van der Waals surface area contributed by atoms with Crippen LogP contribution in [-0.2, 0) is 9.53 Å². The van der Waals surface area contributed by atoms with Crippen LogP contribution in [0.1, 0.15) is 19.8 Å². The van der Waals surface area contributed by atoms with E-state index in [0.717, 1.165) is 12.5 Å². The van der Waals surface area contributed by atoms with Crippen molar-refractivity contribution in [1.29, 1.82) is 0 Å². The molecule has 0 saturated carbocycles. The molecule has 100 valence electrons. The van der Waals surface area contributed by atoms with Gasteiger partial charge in [0.1, 0.15) is 0 Å². The van der Waals surface area contributed by atoms with Gasteiger partial charge in [-0.05, 0) is 43.7 Å². The van der Waals surface area contributed by atoms with Crippen molar-refractivity contribution < 1.29 is 9.53 Å². The summed E-state index contributed by atoms with van der Waals surface area (Å²) in [6, 6.07) is -0.110. The summed E-state index contributed by atoms with van der Waals surface area (Å²) in [5, 5.41) is 6.16. The first-order valence-electron chi connectivity index (χ1n) is 6.31. The third-order valence-corrected chi connectivity index (χ3v) is 4.10. The van der Waals surface area contributed by atoms with E-state index in [2.05, 4.69) is 10.6 Å². The summed E-state index contributed by atoms with van der Waals surface area (Å²) in [4.78, 5) is 11.7. The first-order valence-corrected chi connectivity index (χ1v) is 7.47. The molecule has 2 N–H and O–H groups in total. The predicted octanol–water partition coefficient (Wildman–Crippen LogP) is 0.870. The summed E-state index contributed by atoms with van der Waals surface area (Å²) in [6.45, 7) is 4.03. The molecule has 1 saturated heterocycles. The Balaban J connectivity index is 2.10. The van der Waals surface area contributed by atoms with Crippen molar-refractivity contribution in [3.8, 4) is 0 Å². The highest BCUT2D eigenvalue weighted by molar-refractivity contribution is 7.99. The van der Waals surface area contributed by atoms with Crippen molar-refractivity contribution in [2.24, 2.45) is 5.92 Å². The summed E-state index contributed by atoms with van der Waals surface area (Å²) in [6.07, 6.45) is 2.55. The minimum absolute atomic E-state index is 0.0623. The average Bonchev–Trinajstić information content (AvgIpc) is 2.37. The maximum atomic E-state index is 11.7. The fraction of sp³-hybridized carbons (Fsp3) is 0.917. The molecule has 1 heterocycles. The molecular formula is C12H24N2O2S. The quantitative estimate of drug-likeness (QED) is 0.667. The van der Waals surface area contributed by atoms with E-state index in [0.29, 0.717) is 13.2 Å².